The van der Waals surface area contributed by atoms with Crippen molar-refractivity contribution in [3.05, 3.63) is 90.0 Å². The second kappa shape index (κ2) is 7.78. The fourth-order valence-electron chi connectivity index (χ4n) is 2.98. The first-order chi connectivity index (χ1) is 13.3. The molecule has 2 N–H and O–H groups in total. The molecule has 6 heteroatoms. The Morgan fingerprint density at radius 2 is 1.63 bits per heavy atom. The van der Waals surface area contributed by atoms with Crippen molar-refractivity contribution < 1.29 is 9.47 Å². The number of H-pyrrole nitrogens is 2. The van der Waals surface area contributed by atoms with E-state index in [1.54, 1.807) is 19.5 Å². The molecule has 0 spiro atoms. The van der Waals surface area contributed by atoms with Crippen molar-refractivity contribution in [3.8, 4) is 17.2 Å². The molecule has 0 saturated carbocycles. The van der Waals surface area contributed by atoms with Crippen molar-refractivity contribution >= 4 is 0 Å². The molecule has 4 rings (SSSR count). The number of hydrogen-bond donors (Lipinski definition) is 2. The molecule has 2 aromatic heterocycles. The summed E-state index contributed by atoms with van der Waals surface area (Å²) in [5, 5.41) is 0. The Hall–Kier alpha value is -3.54. The van der Waals surface area contributed by atoms with Gasteiger partial charge in [0, 0.05) is 43.2 Å². The van der Waals surface area contributed by atoms with Gasteiger partial charge in [0.15, 0.2) is 11.5 Å². The number of nitrogens with zero attached hydrogens (tertiary/aromatic N) is 2. The molecule has 27 heavy (non-hydrogen) atoms. The maximum atomic E-state index is 6.24. The minimum atomic E-state index is 0.631. The predicted molar refractivity (Wildman–Crippen MR) is 102 cm³/mol. The van der Waals surface area contributed by atoms with Gasteiger partial charge in [-0.05, 0) is 23.8 Å². The van der Waals surface area contributed by atoms with Crippen molar-refractivity contribution in [2.45, 2.75) is 12.8 Å². The van der Waals surface area contributed by atoms with Gasteiger partial charge in [-0.25, -0.2) is 9.97 Å². The zero-order valence-corrected chi connectivity index (χ0v) is 15.0. The number of rotatable bonds is 7. The SMILES string of the molecule is COc1cccc(Cc2ncc[nH]2)c1Oc1cccc(Cc2ncc[nH]2)c1. The van der Waals surface area contributed by atoms with Crippen LogP contribution in [0, 0.1) is 0 Å². The number of nitrogens with one attached hydrogen (secondary N) is 2. The highest BCUT2D eigenvalue weighted by Crippen LogP contribution is 2.36. The van der Waals surface area contributed by atoms with E-state index in [-0.39, 0.29) is 0 Å². The van der Waals surface area contributed by atoms with Crippen molar-refractivity contribution in [3.63, 3.8) is 0 Å². The normalized spacial score (nSPS) is 10.7. The lowest BCUT2D eigenvalue weighted by Crippen LogP contribution is -1.99. The van der Waals surface area contributed by atoms with Gasteiger partial charge in [0.2, 0.25) is 0 Å². The highest BCUT2D eigenvalue weighted by molar-refractivity contribution is 5.50. The van der Waals surface area contributed by atoms with Gasteiger partial charge in [0.1, 0.15) is 17.4 Å². The van der Waals surface area contributed by atoms with Gasteiger partial charge in [-0.2, -0.15) is 0 Å². The number of methoxy groups -OCH3 is 1. The van der Waals surface area contributed by atoms with Crippen LogP contribution in [0.2, 0.25) is 0 Å². The Morgan fingerprint density at radius 1 is 0.889 bits per heavy atom. The van der Waals surface area contributed by atoms with E-state index < -0.39 is 0 Å². The van der Waals surface area contributed by atoms with Gasteiger partial charge >= 0.3 is 0 Å². The molecule has 0 aliphatic carbocycles. The summed E-state index contributed by atoms with van der Waals surface area (Å²) in [6.07, 6.45) is 8.49. The van der Waals surface area contributed by atoms with Crippen LogP contribution < -0.4 is 9.47 Å². The first-order valence-electron chi connectivity index (χ1n) is 8.71. The van der Waals surface area contributed by atoms with Crippen molar-refractivity contribution in [1.82, 2.24) is 19.9 Å². The van der Waals surface area contributed by atoms with Gasteiger partial charge in [-0.15, -0.1) is 0 Å². The maximum Gasteiger partial charge on any atom is 0.172 e. The average molecular weight is 360 g/mol. The third-order valence-electron chi connectivity index (χ3n) is 4.24. The van der Waals surface area contributed by atoms with Crippen molar-refractivity contribution in [1.29, 1.82) is 0 Å². The summed E-state index contributed by atoms with van der Waals surface area (Å²) in [6, 6.07) is 13.9. The zero-order chi connectivity index (χ0) is 18.5. The first-order valence-corrected chi connectivity index (χ1v) is 8.71. The summed E-state index contributed by atoms with van der Waals surface area (Å²) >= 11 is 0. The summed E-state index contributed by atoms with van der Waals surface area (Å²) in [7, 11) is 1.65. The molecule has 0 aliphatic heterocycles. The van der Waals surface area contributed by atoms with Crippen molar-refractivity contribution in [2.75, 3.05) is 7.11 Å². The monoisotopic (exact) mass is 360 g/mol. The number of para-hydroxylation sites is 1. The number of ether oxygens (including phenoxy) is 2. The topological polar surface area (TPSA) is 75.8 Å². The van der Waals surface area contributed by atoms with Crippen molar-refractivity contribution in [2.24, 2.45) is 0 Å². The first kappa shape index (κ1) is 16.9. The van der Waals surface area contributed by atoms with Crippen LogP contribution in [0.15, 0.2) is 67.3 Å². The number of aromatic amines is 2. The smallest absolute Gasteiger partial charge is 0.172 e. The van der Waals surface area contributed by atoms with Gasteiger partial charge < -0.3 is 19.4 Å². The summed E-state index contributed by atoms with van der Waals surface area (Å²) < 4.78 is 11.8. The Bertz CT molecular complexity index is 995. The minimum absolute atomic E-state index is 0.631. The molecule has 0 aliphatic rings. The van der Waals surface area contributed by atoms with E-state index in [0.29, 0.717) is 17.9 Å². The highest BCUT2D eigenvalue weighted by Gasteiger charge is 2.13. The Labute approximate surface area is 157 Å². The summed E-state index contributed by atoms with van der Waals surface area (Å²) in [5.41, 5.74) is 2.12. The van der Waals surface area contributed by atoms with Crippen LogP contribution in [0.4, 0.5) is 0 Å². The molecule has 0 fully saturated rings. The Morgan fingerprint density at radius 3 is 2.33 bits per heavy atom. The predicted octanol–water partition coefficient (Wildman–Crippen LogP) is 4.12. The van der Waals surface area contributed by atoms with Crippen LogP contribution in [-0.2, 0) is 12.8 Å². The number of aromatic nitrogens is 4. The minimum Gasteiger partial charge on any atom is -0.493 e. The highest BCUT2D eigenvalue weighted by atomic mass is 16.5. The Kier molecular flexibility index (Phi) is 4.87. The average Bonchev–Trinajstić information content (AvgIpc) is 3.38. The molecular formula is C21H20N4O2. The number of hydrogen-bond acceptors (Lipinski definition) is 4. The van der Waals surface area contributed by atoms with E-state index in [9.17, 15) is 0 Å². The third-order valence-corrected chi connectivity index (χ3v) is 4.24. The van der Waals surface area contributed by atoms with E-state index in [2.05, 4.69) is 26.0 Å². The molecule has 0 radical (unpaired) electrons. The largest absolute Gasteiger partial charge is 0.493 e. The van der Waals surface area contributed by atoms with Crippen LogP contribution in [0.3, 0.4) is 0 Å². The molecule has 0 saturated heterocycles. The second-order valence-electron chi connectivity index (χ2n) is 6.12. The Balaban J connectivity index is 1.61. The molecular weight excluding hydrogens is 340 g/mol. The molecule has 0 bridgehead atoms. The van der Waals surface area contributed by atoms with Gasteiger partial charge in [0.25, 0.3) is 0 Å². The fraction of sp³-hybridized carbons (Fsp3) is 0.143. The van der Waals surface area contributed by atoms with Crippen LogP contribution in [-0.4, -0.2) is 27.0 Å². The lowest BCUT2D eigenvalue weighted by molar-refractivity contribution is 0.376. The second-order valence-corrected chi connectivity index (χ2v) is 6.12. The fourth-order valence-corrected chi connectivity index (χ4v) is 2.98. The van der Waals surface area contributed by atoms with Gasteiger partial charge in [0.05, 0.1) is 7.11 Å². The summed E-state index contributed by atoms with van der Waals surface area (Å²) in [5.74, 6) is 3.94. The quantitative estimate of drug-likeness (QED) is 0.520. The molecule has 136 valence electrons. The van der Waals surface area contributed by atoms with Crippen LogP contribution in [0.25, 0.3) is 0 Å². The van der Waals surface area contributed by atoms with E-state index >= 15 is 0 Å². The number of benzene rings is 2. The van der Waals surface area contributed by atoms with Crippen LogP contribution in [0.1, 0.15) is 22.8 Å². The molecule has 4 aromatic rings. The van der Waals surface area contributed by atoms with Gasteiger partial charge in [-0.1, -0.05) is 24.3 Å². The summed E-state index contributed by atoms with van der Waals surface area (Å²) in [6.45, 7) is 0. The zero-order valence-electron chi connectivity index (χ0n) is 15.0. The maximum absolute atomic E-state index is 6.24. The summed E-state index contributed by atoms with van der Waals surface area (Å²) in [4.78, 5) is 14.8. The lowest BCUT2D eigenvalue weighted by atomic mass is 10.1. The lowest BCUT2D eigenvalue weighted by Gasteiger charge is -2.15. The van der Waals surface area contributed by atoms with E-state index in [0.717, 1.165) is 34.9 Å². The molecule has 2 heterocycles. The third kappa shape index (κ3) is 4.00. The molecule has 2 aromatic carbocycles. The molecule has 6 nitrogen and oxygen atoms in total. The van der Waals surface area contributed by atoms with E-state index in [1.807, 2.05) is 48.8 Å². The molecule has 0 unspecified atom stereocenters. The molecule has 0 atom stereocenters. The van der Waals surface area contributed by atoms with Crippen LogP contribution >= 0.6 is 0 Å². The van der Waals surface area contributed by atoms with Crippen LogP contribution in [0.5, 0.6) is 17.2 Å². The standard InChI is InChI=1S/C21H20N4O2/c1-26-18-7-3-5-16(14-20-24-10-11-25-20)21(18)27-17-6-2-4-15(12-17)13-19-22-8-9-23-19/h2-12H,13-14H2,1H3,(H,22,23)(H,24,25). The van der Waals surface area contributed by atoms with Gasteiger partial charge in [-0.3, -0.25) is 0 Å². The van der Waals surface area contributed by atoms with E-state index in [1.165, 1.54) is 0 Å². The van der Waals surface area contributed by atoms with E-state index in [4.69, 9.17) is 9.47 Å². The number of imidazole rings is 2. The molecule has 0 amide bonds.